The van der Waals surface area contributed by atoms with Gasteiger partial charge < -0.3 is 25.0 Å². The molecule has 0 spiro atoms. The van der Waals surface area contributed by atoms with Gasteiger partial charge in [0.2, 0.25) is 11.2 Å². The van der Waals surface area contributed by atoms with Crippen LogP contribution in [-0.2, 0) is 4.79 Å². The van der Waals surface area contributed by atoms with E-state index in [1.54, 1.807) is 17.8 Å². The maximum absolute atomic E-state index is 11.9. The van der Waals surface area contributed by atoms with Gasteiger partial charge in [-0.15, -0.1) is 0 Å². The lowest BCUT2D eigenvalue weighted by Gasteiger charge is -2.25. The molecular weight excluding hydrogens is 492 g/mol. The molecule has 2 aromatic heterocycles. The SMILES string of the molecule is CCC(=O)NC1CC(n2cnc3c(N(CC)c4ccccc4-c4ccccc4)nc(Cl)nc32)C(O)C1O. The quantitative estimate of drug-likeness (QED) is 0.317. The molecule has 3 N–H and O–H groups in total. The molecule has 2 heterocycles. The van der Waals surface area contributed by atoms with Crippen molar-refractivity contribution in [1.29, 1.82) is 0 Å². The van der Waals surface area contributed by atoms with E-state index in [1.807, 2.05) is 48.2 Å². The number of rotatable bonds is 7. The Hall–Kier alpha value is -3.53. The molecule has 1 saturated carbocycles. The molecule has 1 aliphatic rings. The molecule has 4 aromatic rings. The number of aliphatic hydroxyl groups excluding tert-OH is 2. The van der Waals surface area contributed by atoms with Crippen LogP contribution < -0.4 is 10.2 Å². The monoisotopic (exact) mass is 520 g/mol. The summed E-state index contributed by atoms with van der Waals surface area (Å²) in [6.45, 7) is 4.36. The van der Waals surface area contributed by atoms with E-state index in [1.165, 1.54) is 0 Å². The average molecular weight is 521 g/mol. The minimum atomic E-state index is -1.11. The first-order chi connectivity index (χ1) is 17.9. The number of benzene rings is 2. The van der Waals surface area contributed by atoms with Crippen molar-refractivity contribution < 1.29 is 15.0 Å². The predicted molar refractivity (Wildman–Crippen MR) is 143 cm³/mol. The summed E-state index contributed by atoms with van der Waals surface area (Å²) >= 11 is 6.43. The van der Waals surface area contributed by atoms with Crippen LogP contribution in [0.1, 0.15) is 32.7 Å². The van der Waals surface area contributed by atoms with Crippen molar-refractivity contribution in [1.82, 2.24) is 24.8 Å². The van der Waals surface area contributed by atoms with Crippen molar-refractivity contribution in [2.45, 2.75) is 51.0 Å². The molecule has 0 saturated heterocycles. The second-order valence-electron chi connectivity index (χ2n) is 9.08. The molecule has 0 bridgehead atoms. The molecule has 9 nitrogen and oxygen atoms in total. The Kier molecular flexibility index (Phi) is 7.10. The Morgan fingerprint density at radius 2 is 1.81 bits per heavy atom. The number of amides is 1. The first kappa shape index (κ1) is 25.1. The standard InChI is InChI=1S/C27H29ClN6O3/c1-3-21(35)30-18-14-20(24(37)23(18)36)34-15-29-22-25(31-27(28)32-26(22)34)33(4-2)19-13-9-8-12-17(19)16-10-6-5-7-11-16/h5-13,15,18,20,23-24,36-37H,3-4,14H2,1-2H3,(H,30,35). The number of carbonyl (C=O) groups is 1. The topological polar surface area (TPSA) is 116 Å². The summed E-state index contributed by atoms with van der Waals surface area (Å²) in [4.78, 5) is 27.6. The van der Waals surface area contributed by atoms with Gasteiger partial charge in [0, 0.05) is 18.5 Å². The van der Waals surface area contributed by atoms with E-state index >= 15 is 0 Å². The van der Waals surface area contributed by atoms with Gasteiger partial charge in [-0.2, -0.15) is 9.97 Å². The Morgan fingerprint density at radius 1 is 1.08 bits per heavy atom. The predicted octanol–water partition coefficient (Wildman–Crippen LogP) is 3.87. The number of anilines is 2. The number of imidazole rings is 1. The number of para-hydroxylation sites is 1. The van der Waals surface area contributed by atoms with Crippen molar-refractivity contribution in [3.05, 3.63) is 66.2 Å². The van der Waals surface area contributed by atoms with Gasteiger partial charge in [-0.1, -0.05) is 55.5 Å². The number of fused-ring (bicyclic) bond motifs is 1. The third-order valence-corrected chi connectivity index (χ3v) is 7.07. The fourth-order valence-corrected chi connectivity index (χ4v) is 5.21. The highest BCUT2D eigenvalue weighted by molar-refractivity contribution is 6.28. The largest absolute Gasteiger partial charge is 0.388 e. The lowest BCUT2D eigenvalue weighted by Crippen LogP contribution is -2.42. The van der Waals surface area contributed by atoms with Crippen LogP contribution in [0.3, 0.4) is 0 Å². The highest BCUT2D eigenvalue weighted by Crippen LogP contribution is 2.39. The number of nitrogens with one attached hydrogen (secondary N) is 1. The van der Waals surface area contributed by atoms with Crippen molar-refractivity contribution in [3.8, 4) is 11.1 Å². The average Bonchev–Trinajstić information content (AvgIpc) is 3.45. The fourth-order valence-electron chi connectivity index (χ4n) is 5.05. The van der Waals surface area contributed by atoms with Crippen LogP contribution in [-0.4, -0.2) is 60.4 Å². The number of aliphatic hydroxyl groups is 2. The van der Waals surface area contributed by atoms with E-state index in [9.17, 15) is 15.0 Å². The maximum atomic E-state index is 11.9. The Bertz CT molecular complexity index is 1410. The van der Waals surface area contributed by atoms with Crippen LogP contribution in [0, 0.1) is 0 Å². The van der Waals surface area contributed by atoms with Crippen molar-refractivity contribution in [2.75, 3.05) is 11.4 Å². The molecule has 1 amide bonds. The van der Waals surface area contributed by atoms with Crippen LogP contribution in [0.15, 0.2) is 60.9 Å². The number of nitrogens with zero attached hydrogens (tertiary/aromatic N) is 5. The van der Waals surface area contributed by atoms with Gasteiger partial charge in [0.25, 0.3) is 0 Å². The molecular formula is C27H29ClN6O3. The van der Waals surface area contributed by atoms with Crippen LogP contribution in [0.25, 0.3) is 22.3 Å². The molecule has 0 radical (unpaired) electrons. The zero-order chi connectivity index (χ0) is 26.1. The van der Waals surface area contributed by atoms with Gasteiger partial charge in [0.1, 0.15) is 12.2 Å². The van der Waals surface area contributed by atoms with Crippen LogP contribution in [0.5, 0.6) is 0 Å². The fraction of sp³-hybridized carbons (Fsp3) is 0.333. The van der Waals surface area contributed by atoms with Crippen LogP contribution in [0.4, 0.5) is 11.5 Å². The molecule has 37 heavy (non-hydrogen) atoms. The molecule has 192 valence electrons. The van der Waals surface area contributed by atoms with E-state index in [0.717, 1.165) is 16.8 Å². The second-order valence-corrected chi connectivity index (χ2v) is 9.42. The summed E-state index contributed by atoms with van der Waals surface area (Å²) < 4.78 is 1.72. The van der Waals surface area contributed by atoms with Crippen LogP contribution in [0.2, 0.25) is 5.28 Å². The molecule has 1 aliphatic carbocycles. The smallest absolute Gasteiger partial charge is 0.226 e. The maximum Gasteiger partial charge on any atom is 0.226 e. The summed E-state index contributed by atoms with van der Waals surface area (Å²) in [5.41, 5.74) is 4.03. The number of hydrogen-bond donors (Lipinski definition) is 3. The van der Waals surface area contributed by atoms with E-state index < -0.39 is 24.3 Å². The lowest BCUT2D eigenvalue weighted by molar-refractivity contribution is -0.122. The summed E-state index contributed by atoms with van der Waals surface area (Å²) in [6.07, 6.45) is -0.0231. The minimum Gasteiger partial charge on any atom is -0.388 e. The Labute approximate surface area is 219 Å². The van der Waals surface area contributed by atoms with Crippen molar-refractivity contribution >= 4 is 40.2 Å². The van der Waals surface area contributed by atoms with E-state index in [2.05, 4.69) is 38.5 Å². The van der Waals surface area contributed by atoms with Crippen molar-refractivity contribution in [2.24, 2.45) is 0 Å². The van der Waals surface area contributed by atoms with Gasteiger partial charge in [0.15, 0.2) is 17.0 Å². The molecule has 4 atom stereocenters. The first-order valence-corrected chi connectivity index (χ1v) is 12.8. The second kappa shape index (κ2) is 10.5. The first-order valence-electron chi connectivity index (χ1n) is 12.4. The van der Waals surface area contributed by atoms with Gasteiger partial charge in [-0.05, 0) is 36.6 Å². The van der Waals surface area contributed by atoms with Gasteiger partial charge in [0.05, 0.1) is 24.1 Å². The molecule has 0 aliphatic heterocycles. The summed E-state index contributed by atoms with van der Waals surface area (Å²) in [5, 5.41) is 24.3. The normalized spacial score (nSPS) is 21.3. The highest BCUT2D eigenvalue weighted by atomic mass is 35.5. The molecule has 1 fully saturated rings. The lowest BCUT2D eigenvalue weighted by atomic mass is 10.0. The summed E-state index contributed by atoms with van der Waals surface area (Å²) in [6, 6.07) is 17.0. The van der Waals surface area contributed by atoms with Gasteiger partial charge in [-0.25, -0.2) is 4.98 Å². The zero-order valence-corrected chi connectivity index (χ0v) is 21.4. The molecule has 5 rings (SSSR count). The van der Waals surface area contributed by atoms with E-state index in [4.69, 9.17) is 11.6 Å². The number of halogens is 1. The molecule has 10 heteroatoms. The Balaban J connectivity index is 1.57. The highest BCUT2D eigenvalue weighted by Gasteiger charge is 2.43. The zero-order valence-electron chi connectivity index (χ0n) is 20.6. The molecule has 4 unspecified atom stereocenters. The Morgan fingerprint density at radius 3 is 2.54 bits per heavy atom. The number of aromatic nitrogens is 4. The third kappa shape index (κ3) is 4.66. The van der Waals surface area contributed by atoms with E-state index in [-0.39, 0.29) is 11.2 Å². The van der Waals surface area contributed by atoms with E-state index in [0.29, 0.717) is 36.4 Å². The van der Waals surface area contributed by atoms with Gasteiger partial charge >= 0.3 is 0 Å². The van der Waals surface area contributed by atoms with Crippen molar-refractivity contribution in [3.63, 3.8) is 0 Å². The third-order valence-electron chi connectivity index (χ3n) is 6.90. The summed E-state index contributed by atoms with van der Waals surface area (Å²) in [5.74, 6) is 0.360. The number of hydrogen-bond acceptors (Lipinski definition) is 7. The molecule has 2 aromatic carbocycles. The minimum absolute atomic E-state index is 0.0452. The summed E-state index contributed by atoms with van der Waals surface area (Å²) in [7, 11) is 0. The van der Waals surface area contributed by atoms with Crippen LogP contribution >= 0.6 is 11.6 Å². The number of carbonyl (C=O) groups excluding carboxylic acids is 1. The van der Waals surface area contributed by atoms with Gasteiger partial charge in [-0.3, -0.25) is 4.79 Å².